The fourth-order valence-electron chi connectivity index (χ4n) is 1.91. The number of rotatable bonds is 5. The van der Waals surface area contributed by atoms with Crippen LogP contribution in [0.15, 0.2) is 48.5 Å². The Hall–Kier alpha value is -1.91. The van der Waals surface area contributed by atoms with E-state index >= 15 is 0 Å². The molecule has 1 unspecified atom stereocenters. The number of nitrogens with zero attached hydrogens (tertiary/aromatic N) is 1. The highest BCUT2D eigenvalue weighted by atomic mass is 35.5. The third-order valence-corrected chi connectivity index (χ3v) is 3.53. The monoisotopic (exact) mass is 290 g/mol. The summed E-state index contributed by atoms with van der Waals surface area (Å²) in [7, 11) is 0. The minimum Gasteiger partial charge on any atom is -0.306 e. The second-order valence-corrected chi connectivity index (χ2v) is 4.95. The smallest absolute Gasteiger partial charge is 0.269 e. The first-order chi connectivity index (χ1) is 9.58. The number of nitro groups is 1. The van der Waals surface area contributed by atoms with Crippen molar-refractivity contribution in [2.45, 2.75) is 19.5 Å². The number of nitro benzene ring substituents is 1. The molecule has 0 radical (unpaired) electrons. The predicted molar refractivity (Wildman–Crippen MR) is 79.8 cm³/mol. The van der Waals surface area contributed by atoms with Crippen LogP contribution in [0.25, 0.3) is 0 Å². The van der Waals surface area contributed by atoms with Crippen LogP contribution in [0, 0.1) is 10.1 Å². The Balaban J connectivity index is 2.00. The summed E-state index contributed by atoms with van der Waals surface area (Å²) >= 11 is 6.09. The van der Waals surface area contributed by atoms with Crippen LogP contribution in [-0.4, -0.2) is 4.92 Å². The third-order valence-electron chi connectivity index (χ3n) is 3.16. The van der Waals surface area contributed by atoms with Crippen molar-refractivity contribution in [1.82, 2.24) is 5.32 Å². The molecule has 0 aliphatic carbocycles. The molecule has 0 aromatic heterocycles. The summed E-state index contributed by atoms with van der Waals surface area (Å²) < 4.78 is 0. The SMILES string of the molecule is CC(NCc1ccccc1Cl)c1ccc([N+](=O)[O-])cc1. The van der Waals surface area contributed by atoms with Gasteiger partial charge in [0.1, 0.15) is 0 Å². The lowest BCUT2D eigenvalue weighted by Crippen LogP contribution is -2.18. The molecule has 0 aliphatic rings. The number of hydrogen-bond donors (Lipinski definition) is 1. The second-order valence-electron chi connectivity index (χ2n) is 4.54. The quantitative estimate of drug-likeness (QED) is 0.666. The molecule has 0 bridgehead atoms. The summed E-state index contributed by atoms with van der Waals surface area (Å²) in [4.78, 5) is 10.2. The van der Waals surface area contributed by atoms with E-state index in [0.29, 0.717) is 6.54 Å². The molecule has 1 N–H and O–H groups in total. The summed E-state index contributed by atoms with van der Waals surface area (Å²) in [6.07, 6.45) is 0. The van der Waals surface area contributed by atoms with Crippen molar-refractivity contribution in [3.63, 3.8) is 0 Å². The van der Waals surface area contributed by atoms with Crippen LogP contribution in [0.2, 0.25) is 5.02 Å². The van der Waals surface area contributed by atoms with Crippen molar-refractivity contribution in [3.8, 4) is 0 Å². The standard InChI is InChI=1S/C15H15ClN2O2/c1-11(12-6-8-14(9-7-12)18(19)20)17-10-13-4-2-3-5-15(13)16/h2-9,11,17H,10H2,1H3. The van der Waals surface area contributed by atoms with Crippen molar-refractivity contribution in [1.29, 1.82) is 0 Å². The van der Waals surface area contributed by atoms with Gasteiger partial charge in [-0.15, -0.1) is 0 Å². The molecular formula is C15H15ClN2O2. The summed E-state index contributed by atoms with van der Waals surface area (Å²) in [5.74, 6) is 0. The Morgan fingerprint density at radius 2 is 1.85 bits per heavy atom. The molecule has 2 aromatic rings. The zero-order valence-corrected chi connectivity index (χ0v) is 11.8. The Morgan fingerprint density at radius 1 is 1.20 bits per heavy atom. The summed E-state index contributed by atoms with van der Waals surface area (Å²) in [6.45, 7) is 2.66. The molecule has 0 saturated heterocycles. The Kier molecular flexibility index (Phi) is 4.71. The van der Waals surface area contributed by atoms with Gasteiger partial charge in [-0.2, -0.15) is 0 Å². The normalized spacial score (nSPS) is 12.1. The van der Waals surface area contributed by atoms with E-state index in [1.54, 1.807) is 12.1 Å². The Morgan fingerprint density at radius 3 is 2.45 bits per heavy atom. The van der Waals surface area contributed by atoms with Gasteiger partial charge in [0.15, 0.2) is 0 Å². The number of non-ortho nitro benzene ring substituents is 1. The molecule has 104 valence electrons. The first kappa shape index (κ1) is 14.5. The largest absolute Gasteiger partial charge is 0.306 e. The summed E-state index contributed by atoms with van der Waals surface area (Å²) in [5.41, 5.74) is 2.14. The van der Waals surface area contributed by atoms with Gasteiger partial charge in [-0.05, 0) is 24.1 Å². The van der Waals surface area contributed by atoms with Gasteiger partial charge in [-0.3, -0.25) is 10.1 Å². The van der Waals surface area contributed by atoms with E-state index in [4.69, 9.17) is 11.6 Å². The van der Waals surface area contributed by atoms with Crippen molar-refractivity contribution in [2.24, 2.45) is 0 Å². The maximum absolute atomic E-state index is 10.6. The molecule has 0 amide bonds. The van der Waals surface area contributed by atoms with Gasteiger partial charge in [0, 0.05) is 29.7 Å². The molecule has 5 heteroatoms. The van der Waals surface area contributed by atoms with E-state index in [-0.39, 0.29) is 11.7 Å². The van der Waals surface area contributed by atoms with E-state index in [0.717, 1.165) is 16.1 Å². The van der Waals surface area contributed by atoms with Gasteiger partial charge in [0.25, 0.3) is 5.69 Å². The lowest BCUT2D eigenvalue weighted by molar-refractivity contribution is -0.384. The molecule has 2 aromatic carbocycles. The van der Waals surface area contributed by atoms with E-state index in [1.807, 2.05) is 31.2 Å². The van der Waals surface area contributed by atoms with Gasteiger partial charge in [0.2, 0.25) is 0 Å². The minimum absolute atomic E-state index is 0.0899. The molecule has 0 aliphatic heterocycles. The first-order valence-electron chi connectivity index (χ1n) is 6.29. The molecule has 1 atom stereocenters. The van der Waals surface area contributed by atoms with Crippen LogP contribution >= 0.6 is 11.6 Å². The third kappa shape index (κ3) is 3.56. The fraction of sp³-hybridized carbons (Fsp3) is 0.200. The van der Waals surface area contributed by atoms with E-state index in [2.05, 4.69) is 5.32 Å². The van der Waals surface area contributed by atoms with Crippen LogP contribution in [0.1, 0.15) is 24.1 Å². The van der Waals surface area contributed by atoms with Crippen molar-refractivity contribution in [3.05, 3.63) is 74.8 Å². The van der Waals surface area contributed by atoms with Gasteiger partial charge >= 0.3 is 0 Å². The van der Waals surface area contributed by atoms with Crippen molar-refractivity contribution >= 4 is 17.3 Å². The molecule has 0 fully saturated rings. The van der Waals surface area contributed by atoms with Crippen LogP contribution in [-0.2, 0) is 6.54 Å². The topological polar surface area (TPSA) is 55.2 Å². The Bertz CT molecular complexity index is 599. The van der Waals surface area contributed by atoms with Crippen LogP contribution in [0.3, 0.4) is 0 Å². The zero-order valence-electron chi connectivity index (χ0n) is 11.0. The molecule has 2 rings (SSSR count). The molecule has 20 heavy (non-hydrogen) atoms. The van der Waals surface area contributed by atoms with E-state index < -0.39 is 4.92 Å². The highest BCUT2D eigenvalue weighted by Crippen LogP contribution is 2.19. The lowest BCUT2D eigenvalue weighted by atomic mass is 10.1. The Labute approximate surface area is 122 Å². The van der Waals surface area contributed by atoms with Crippen molar-refractivity contribution < 1.29 is 4.92 Å². The highest BCUT2D eigenvalue weighted by Gasteiger charge is 2.09. The van der Waals surface area contributed by atoms with E-state index in [9.17, 15) is 10.1 Å². The second kappa shape index (κ2) is 6.50. The van der Waals surface area contributed by atoms with Crippen molar-refractivity contribution in [2.75, 3.05) is 0 Å². The summed E-state index contributed by atoms with van der Waals surface area (Å²) in [6, 6.07) is 14.3. The number of nitrogens with one attached hydrogen (secondary N) is 1. The summed E-state index contributed by atoms with van der Waals surface area (Å²) in [5, 5.41) is 14.7. The number of hydrogen-bond acceptors (Lipinski definition) is 3. The highest BCUT2D eigenvalue weighted by molar-refractivity contribution is 6.31. The van der Waals surface area contributed by atoms with Gasteiger partial charge < -0.3 is 5.32 Å². The molecule has 0 spiro atoms. The van der Waals surface area contributed by atoms with Crippen LogP contribution < -0.4 is 5.32 Å². The van der Waals surface area contributed by atoms with Crippen LogP contribution in [0.5, 0.6) is 0 Å². The minimum atomic E-state index is -0.397. The number of halogens is 1. The molecule has 0 saturated carbocycles. The lowest BCUT2D eigenvalue weighted by Gasteiger charge is -2.14. The predicted octanol–water partition coefficient (Wildman–Crippen LogP) is 4.10. The fourth-order valence-corrected chi connectivity index (χ4v) is 2.11. The van der Waals surface area contributed by atoms with Gasteiger partial charge in [-0.1, -0.05) is 41.9 Å². The van der Waals surface area contributed by atoms with E-state index in [1.165, 1.54) is 12.1 Å². The maximum atomic E-state index is 10.6. The van der Waals surface area contributed by atoms with Gasteiger partial charge in [-0.25, -0.2) is 0 Å². The van der Waals surface area contributed by atoms with Crippen LogP contribution in [0.4, 0.5) is 5.69 Å². The molecule has 0 heterocycles. The average Bonchev–Trinajstić information content (AvgIpc) is 2.46. The zero-order chi connectivity index (χ0) is 14.5. The average molecular weight is 291 g/mol. The molecular weight excluding hydrogens is 276 g/mol. The first-order valence-corrected chi connectivity index (χ1v) is 6.67. The number of benzene rings is 2. The maximum Gasteiger partial charge on any atom is 0.269 e. The van der Waals surface area contributed by atoms with Gasteiger partial charge in [0.05, 0.1) is 4.92 Å². The molecule has 4 nitrogen and oxygen atoms in total.